The Bertz CT molecular complexity index is 1160. The molecule has 2 aromatic carbocycles. The van der Waals surface area contributed by atoms with E-state index in [0.29, 0.717) is 11.8 Å². The predicted octanol–water partition coefficient (Wildman–Crippen LogP) is 3.84. The molecule has 0 amide bonds. The van der Waals surface area contributed by atoms with Crippen molar-refractivity contribution in [1.82, 2.24) is 8.87 Å². The molecule has 0 fully saturated rings. The van der Waals surface area contributed by atoms with Gasteiger partial charge in [-0.15, -0.1) is 0 Å². The normalized spacial score (nSPS) is 17.5. The van der Waals surface area contributed by atoms with Gasteiger partial charge in [0.05, 0.1) is 6.04 Å². The molecule has 2 heterocycles. The molecular formula is C19H14F4N2O2S. The van der Waals surface area contributed by atoms with E-state index in [1.165, 1.54) is 6.07 Å². The van der Waals surface area contributed by atoms with Crippen LogP contribution in [0, 0.1) is 23.3 Å². The number of sulfonamides is 1. The van der Waals surface area contributed by atoms with Gasteiger partial charge in [-0.05, 0) is 48.0 Å². The zero-order valence-electron chi connectivity index (χ0n) is 14.3. The summed E-state index contributed by atoms with van der Waals surface area (Å²) >= 11 is 0. The van der Waals surface area contributed by atoms with Crippen molar-refractivity contribution in [2.45, 2.75) is 17.5 Å². The van der Waals surface area contributed by atoms with Gasteiger partial charge in [0, 0.05) is 25.0 Å². The van der Waals surface area contributed by atoms with Crippen LogP contribution < -0.4 is 0 Å². The van der Waals surface area contributed by atoms with Gasteiger partial charge in [-0.1, -0.05) is 6.07 Å². The average Bonchev–Trinajstić information content (AvgIpc) is 3.14. The monoisotopic (exact) mass is 410 g/mol. The Labute approximate surface area is 158 Å². The lowest BCUT2D eigenvalue weighted by molar-refractivity contribution is 0.296. The predicted molar refractivity (Wildman–Crippen MR) is 92.9 cm³/mol. The van der Waals surface area contributed by atoms with Crippen molar-refractivity contribution in [3.63, 3.8) is 0 Å². The lowest BCUT2D eigenvalue weighted by Gasteiger charge is -2.36. The van der Waals surface area contributed by atoms with Crippen LogP contribution in [0.1, 0.15) is 17.3 Å². The summed E-state index contributed by atoms with van der Waals surface area (Å²) in [5, 5.41) is 0. The van der Waals surface area contributed by atoms with E-state index in [0.717, 1.165) is 28.6 Å². The highest BCUT2D eigenvalue weighted by atomic mass is 32.2. The standard InChI is InChI=1S/C19H14F4N2O2S/c20-13-4-6-15(22)18(11-13)28(26,27)25-9-8-24-7-1-2-17(24)19(25)12-3-5-14(21)16(23)10-12/h1-7,10-11,19H,8-9H2. The lowest BCUT2D eigenvalue weighted by atomic mass is 10.0. The second-order valence-electron chi connectivity index (χ2n) is 6.39. The molecule has 146 valence electrons. The summed E-state index contributed by atoms with van der Waals surface area (Å²) in [6.07, 6.45) is 1.73. The first-order chi connectivity index (χ1) is 13.3. The van der Waals surface area contributed by atoms with Crippen LogP contribution in [0.3, 0.4) is 0 Å². The molecule has 4 nitrogen and oxygen atoms in total. The van der Waals surface area contributed by atoms with E-state index in [2.05, 4.69) is 0 Å². The van der Waals surface area contributed by atoms with E-state index < -0.39 is 44.2 Å². The van der Waals surface area contributed by atoms with Crippen molar-refractivity contribution in [3.05, 3.63) is 89.3 Å². The molecule has 0 saturated carbocycles. The zero-order chi connectivity index (χ0) is 20.1. The molecule has 28 heavy (non-hydrogen) atoms. The molecule has 1 aliphatic rings. The van der Waals surface area contributed by atoms with Crippen LogP contribution >= 0.6 is 0 Å². The maximum absolute atomic E-state index is 14.2. The Morgan fingerprint density at radius 3 is 2.36 bits per heavy atom. The molecule has 0 radical (unpaired) electrons. The molecule has 3 aromatic rings. The van der Waals surface area contributed by atoms with Crippen molar-refractivity contribution >= 4 is 10.0 Å². The number of hydrogen-bond acceptors (Lipinski definition) is 2. The number of benzene rings is 2. The first-order valence-corrected chi connectivity index (χ1v) is 9.80. The largest absolute Gasteiger partial charge is 0.348 e. The molecule has 1 atom stereocenters. The Kier molecular flexibility index (Phi) is 4.51. The van der Waals surface area contributed by atoms with Gasteiger partial charge in [0.15, 0.2) is 11.6 Å². The highest BCUT2D eigenvalue weighted by molar-refractivity contribution is 7.89. The molecule has 1 aromatic heterocycles. The van der Waals surface area contributed by atoms with Crippen LogP contribution in [0.2, 0.25) is 0 Å². The minimum absolute atomic E-state index is 0.0520. The fourth-order valence-corrected chi connectivity index (χ4v) is 5.10. The molecule has 0 saturated heterocycles. The molecule has 4 rings (SSSR count). The quantitative estimate of drug-likeness (QED) is 0.616. The molecule has 0 N–H and O–H groups in total. The third kappa shape index (κ3) is 3.00. The minimum atomic E-state index is -4.47. The third-order valence-electron chi connectivity index (χ3n) is 4.73. The Hall–Kier alpha value is -2.65. The molecule has 9 heteroatoms. The summed E-state index contributed by atoms with van der Waals surface area (Å²) in [7, 11) is -4.47. The van der Waals surface area contributed by atoms with Crippen LogP contribution in [-0.2, 0) is 16.6 Å². The van der Waals surface area contributed by atoms with Gasteiger partial charge >= 0.3 is 0 Å². The van der Waals surface area contributed by atoms with Crippen LogP contribution in [0.4, 0.5) is 17.6 Å². The number of halogens is 4. The van der Waals surface area contributed by atoms with Gasteiger partial charge in [0.25, 0.3) is 0 Å². The summed E-state index contributed by atoms with van der Waals surface area (Å²) in [5.74, 6) is -4.19. The highest BCUT2D eigenvalue weighted by Gasteiger charge is 2.39. The number of nitrogens with zero attached hydrogens (tertiary/aromatic N) is 2. The maximum Gasteiger partial charge on any atom is 0.247 e. The number of aromatic nitrogens is 1. The van der Waals surface area contributed by atoms with E-state index in [1.54, 1.807) is 22.9 Å². The first kappa shape index (κ1) is 18.7. The van der Waals surface area contributed by atoms with Crippen LogP contribution in [0.15, 0.2) is 59.6 Å². The van der Waals surface area contributed by atoms with Gasteiger partial charge in [-0.2, -0.15) is 4.31 Å². The Morgan fingerprint density at radius 2 is 1.61 bits per heavy atom. The van der Waals surface area contributed by atoms with E-state index >= 15 is 0 Å². The van der Waals surface area contributed by atoms with E-state index in [4.69, 9.17) is 0 Å². The second kappa shape index (κ2) is 6.75. The molecule has 0 spiro atoms. The zero-order valence-corrected chi connectivity index (χ0v) is 15.1. The van der Waals surface area contributed by atoms with Gasteiger partial charge in [0.1, 0.15) is 16.5 Å². The third-order valence-corrected chi connectivity index (χ3v) is 6.61. The molecule has 1 unspecified atom stereocenters. The fourth-order valence-electron chi connectivity index (χ4n) is 3.44. The van der Waals surface area contributed by atoms with Crippen molar-refractivity contribution in [3.8, 4) is 0 Å². The van der Waals surface area contributed by atoms with Crippen LogP contribution in [0.5, 0.6) is 0 Å². The Balaban J connectivity index is 1.89. The molecular weight excluding hydrogens is 396 g/mol. The molecule has 0 bridgehead atoms. The first-order valence-electron chi connectivity index (χ1n) is 8.36. The highest BCUT2D eigenvalue weighted by Crippen LogP contribution is 2.37. The number of hydrogen-bond donors (Lipinski definition) is 0. The topological polar surface area (TPSA) is 42.3 Å². The summed E-state index contributed by atoms with van der Waals surface area (Å²) in [4.78, 5) is -0.805. The van der Waals surface area contributed by atoms with Crippen molar-refractivity contribution < 1.29 is 26.0 Å². The van der Waals surface area contributed by atoms with Gasteiger partial charge in [-0.25, -0.2) is 26.0 Å². The minimum Gasteiger partial charge on any atom is -0.348 e. The summed E-state index contributed by atoms with van der Waals surface area (Å²) in [6, 6.07) is 7.58. The van der Waals surface area contributed by atoms with Crippen LogP contribution in [0.25, 0.3) is 0 Å². The summed E-state index contributed by atoms with van der Waals surface area (Å²) < 4.78 is 84.2. The SMILES string of the molecule is O=S(=O)(c1cc(F)ccc1F)N1CCn2cccc2C1c1ccc(F)c(F)c1. The van der Waals surface area contributed by atoms with Gasteiger partial charge < -0.3 is 4.57 Å². The molecule has 1 aliphatic heterocycles. The number of rotatable bonds is 3. The van der Waals surface area contributed by atoms with Crippen LogP contribution in [-0.4, -0.2) is 23.8 Å². The fraction of sp³-hybridized carbons (Fsp3) is 0.158. The average molecular weight is 410 g/mol. The van der Waals surface area contributed by atoms with E-state index in [1.807, 2.05) is 0 Å². The summed E-state index contributed by atoms with van der Waals surface area (Å²) in [6.45, 7) is 0.225. The molecule has 0 aliphatic carbocycles. The van der Waals surface area contributed by atoms with Gasteiger partial charge in [0.2, 0.25) is 10.0 Å². The van der Waals surface area contributed by atoms with E-state index in [9.17, 15) is 26.0 Å². The second-order valence-corrected chi connectivity index (χ2v) is 8.25. The van der Waals surface area contributed by atoms with Crippen molar-refractivity contribution in [1.29, 1.82) is 0 Å². The lowest BCUT2D eigenvalue weighted by Crippen LogP contribution is -2.42. The van der Waals surface area contributed by atoms with Crippen molar-refractivity contribution in [2.24, 2.45) is 0 Å². The van der Waals surface area contributed by atoms with Crippen molar-refractivity contribution in [2.75, 3.05) is 6.54 Å². The Morgan fingerprint density at radius 1 is 0.857 bits per heavy atom. The smallest absolute Gasteiger partial charge is 0.247 e. The summed E-state index contributed by atoms with van der Waals surface area (Å²) in [5.41, 5.74) is 0.691. The number of fused-ring (bicyclic) bond motifs is 1. The van der Waals surface area contributed by atoms with E-state index in [-0.39, 0.29) is 18.7 Å². The maximum atomic E-state index is 14.2. The van der Waals surface area contributed by atoms with Gasteiger partial charge in [-0.3, -0.25) is 0 Å².